The van der Waals surface area contributed by atoms with Crippen LogP contribution in [0.4, 0.5) is 5.82 Å². The summed E-state index contributed by atoms with van der Waals surface area (Å²) in [6.07, 6.45) is 8.61. The molecule has 1 aromatic rings. The lowest BCUT2D eigenvalue weighted by Crippen LogP contribution is -2.45. The molecule has 1 aliphatic rings. The van der Waals surface area contributed by atoms with Crippen molar-refractivity contribution in [2.24, 2.45) is 0 Å². The van der Waals surface area contributed by atoms with Gasteiger partial charge in [0.25, 0.3) is 0 Å². The minimum absolute atomic E-state index is 0.0392. The number of anilines is 1. The monoisotopic (exact) mass is 193 g/mol. The summed E-state index contributed by atoms with van der Waals surface area (Å²) in [5.74, 6) is 0.816. The van der Waals surface area contributed by atoms with Crippen LogP contribution in [0.5, 0.6) is 0 Å². The maximum Gasteiger partial charge on any atom is 0.144 e. The van der Waals surface area contributed by atoms with Crippen LogP contribution in [0.2, 0.25) is 0 Å². The number of methoxy groups -OCH3 is 1. The predicted molar refractivity (Wildman–Crippen MR) is 54.1 cm³/mol. The zero-order valence-corrected chi connectivity index (χ0v) is 8.36. The van der Waals surface area contributed by atoms with Crippen molar-refractivity contribution in [1.29, 1.82) is 0 Å². The maximum absolute atomic E-state index is 5.48. The Morgan fingerprint density at radius 3 is 2.86 bits per heavy atom. The number of hydrogen-bond donors (Lipinski definition) is 1. The van der Waals surface area contributed by atoms with Crippen LogP contribution in [-0.2, 0) is 4.74 Å². The third kappa shape index (κ3) is 1.85. The Kier molecular flexibility index (Phi) is 2.63. The van der Waals surface area contributed by atoms with Crippen molar-refractivity contribution < 1.29 is 4.74 Å². The van der Waals surface area contributed by atoms with Gasteiger partial charge in [0.1, 0.15) is 5.82 Å². The number of rotatable bonds is 4. The summed E-state index contributed by atoms with van der Waals surface area (Å²) in [7, 11) is 1.78. The lowest BCUT2D eigenvalue weighted by atomic mass is 9.80. The number of ether oxygens (including phenoxy) is 1. The molecule has 0 atom stereocenters. The van der Waals surface area contributed by atoms with Crippen LogP contribution in [0.25, 0.3) is 0 Å². The van der Waals surface area contributed by atoms with E-state index in [1.54, 1.807) is 25.7 Å². The smallest absolute Gasteiger partial charge is 0.144 e. The summed E-state index contributed by atoms with van der Waals surface area (Å²) in [6.45, 7) is 0.822. The molecule has 76 valence electrons. The first-order valence-corrected chi connectivity index (χ1v) is 4.90. The molecular weight excluding hydrogens is 178 g/mol. The quantitative estimate of drug-likeness (QED) is 0.786. The fourth-order valence-electron chi connectivity index (χ4n) is 1.67. The molecular formula is C10H15N3O. The molecule has 1 N–H and O–H groups in total. The van der Waals surface area contributed by atoms with Crippen molar-refractivity contribution in [3.8, 4) is 0 Å². The van der Waals surface area contributed by atoms with E-state index in [1.807, 2.05) is 0 Å². The van der Waals surface area contributed by atoms with Gasteiger partial charge < -0.3 is 10.1 Å². The van der Waals surface area contributed by atoms with Crippen LogP contribution in [-0.4, -0.2) is 29.2 Å². The zero-order chi connectivity index (χ0) is 9.86. The average molecular weight is 193 g/mol. The fourth-order valence-corrected chi connectivity index (χ4v) is 1.67. The standard InChI is InChI=1S/C10H15N3O/c1-14-10(3-2-4-10)8-13-9-7-11-5-6-12-9/h5-7H,2-4,8H2,1H3,(H,12,13). The van der Waals surface area contributed by atoms with Crippen LogP contribution in [0.3, 0.4) is 0 Å². The Morgan fingerprint density at radius 1 is 1.50 bits per heavy atom. The molecule has 4 nitrogen and oxygen atoms in total. The zero-order valence-electron chi connectivity index (χ0n) is 8.36. The molecule has 0 saturated heterocycles. The third-order valence-corrected chi connectivity index (χ3v) is 2.85. The molecule has 0 amide bonds. The van der Waals surface area contributed by atoms with E-state index < -0.39 is 0 Å². The van der Waals surface area contributed by atoms with Crippen LogP contribution >= 0.6 is 0 Å². The second-order valence-corrected chi connectivity index (χ2v) is 3.68. The molecule has 1 heterocycles. The van der Waals surface area contributed by atoms with Crippen molar-refractivity contribution in [3.63, 3.8) is 0 Å². The summed E-state index contributed by atoms with van der Waals surface area (Å²) in [6, 6.07) is 0. The van der Waals surface area contributed by atoms with Gasteiger partial charge in [-0.25, -0.2) is 4.98 Å². The van der Waals surface area contributed by atoms with Gasteiger partial charge >= 0.3 is 0 Å². The Balaban J connectivity index is 1.88. The Morgan fingerprint density at radius 2 is 2.36 bits per heavy atom. The molecule has 1 aliphatic carbocycles. The third-order valence-electron chi connectivity index (χ3n) is 2.85. The first kappa shape index (κ1) is 9.40. The van der Waals surface area contributed by atoms with Crippen molar-refractivity contribution in [1.82, 2.24) is 9.97 Å². The first-order valence-electron chi connectivity index (χ1n) is 4.90. The number of hydrogen-bond acceptors (Lipinski definition) is 4. The second kappa shape index (κ2) is 3.92. The lowest BCUT2D eigenvalue weighted by Gasteiger charge is -2.40. The second-order valence-electron chi connectivity index (χ2n) is 3.68. The molecule has 0 spiro atoms. The lowest BCUT2D eigenvalue weighted by molar-refractivity contribution is -0.0601. The van der Waals surface area contributed by atoms with Crippen molar-refractivity contribution in [2.75, 3.05) is 19.0 Å². The number of nitrogens with one attached hydrogen (secondary N) is 1. The maximum atomic E-state index is 5.48. The summed E-state index contributed by atoms with van der Waals surface area (Å²) < 4.78 is 5.48. The van der Waals surface area contributed by atoms with Gasteiger partial charge in [0.2, 0.25) is 0 Å². The van der Waals surface area contributed by atoms with Gasteiger partial charge in [0, 0.05) is 26.0 Å². The minimum atomic E-state index is 0.0392. The van der Waals surface area contributed by atoms with Crippen LogP contribution in [0, 0.1) is 0 Å². The number of nitrogens with zero attached hydrogens (tertiary/aromatic N) is 2. The molecule has 0 unspecified atom stereocenters. The summed E-state index contributed by atoms with van der Waals surface area (Å²) in [5.41, 5.74) is 0.0392. The van der Waals surface area contributed by atoms with E-state index in [9.17, 15) is 0 Å². The molecule has 2 rings (SSSR count). The average Bonchev–Trinajstić information content (AvgIpc) is 2.19. The van der Waals surface area contributed by atoms with E-state index in [-0.39, 0.29) is 5.60 Å². The minimum Gasteiger partial charge on any atom is -0.376 e. The highest BCUT2D eigenvalue weighted by atomic mass is 16.5. The van der Waals surface area contributed by atoms with Gasteiger partial charge in [-0.1, -0.05) is 0 Å². The Hall–Kier alpha value is -1.16. The van der Waals surface area contributed by atoms with E-state index >= 15 is 0 Å². The largest absolute Gasteiger partial charge is 0.376 e. The molecule has 1 fully saturated rings. The van der Waals surface area contributed by atoms with Gasteiger partial charge in [0.05, 0.1) is 11.8 Å². The molecule has 0 aliphatic heterocycles. The SMILES string of the molecule is COC1(CNc2cnccn2)CCC1. The predicted octanol–water partition coefficient (Wildman–Crippen LogP) is 1.46. The molecule has 14 heavy (non-hydrogen) atoms. The number of aromatic nitrogens is 2. The molecule has 0 aromatic carbocycles. The van der Waals surface area contributed by atoms with Crippen molar-refractivity contribution in [3.05, 3.63) is 18.6 Å². The van der Waals surface area contributed by atoms with E-state index in [2.05, 4.69) is 15.3 Å². The summed E-state index contributed by atoms with van der Waals surface area (Å²) in [4.78, 5) is 8.13. The normalized spacial score (nSPS) is 18.6. The first-order chi connectivity index (χ1) is 6.85. The highest BCUT2D eigenvalue weighted by Gasteiger charge is 2.36. The highest BCUT2D eigenvalue weighted by molar-refractivity contribution is 5.30. The fraction of sp³-hybridized carbons (Fsp3) is 0.600. The van der Waals surface area contributed by atoms with Gasteiger partial charge in [-0.3, -0.25) is 4.98 Å². The van der Waals surface area contributed by atoms with E-state index in [0.717, 1.165) is 25.2 Å². The van der Waals surface area contributed by atoms with Crippen molar-refractivity contribution in [2.45, 2.75) is 24.9 Å². The van der Waals surface area contributed by atoms with Crippen LogP contribution < -0.4 is 5.32 Å². The van der Waals surface area contributed by atoms with Crippen LogP contribution in [0.1, 0.15) is 19.3 Å². The van der Waals surface area contributed by atoms with E-state index in [1.165, 1.54) is 6.42 Å². The van der Waals surface area contributed by atoms with Gasteiger partial charge in [-0.2, -0.15) is 0 Å². The van der Waals surface area contributed by atoms with Crippen molar-refractivity contribution >= 4 is 5.82 Å². The van der Waals surface area contributed by atoms with E-state index in [4.69, 9.17) is 4.74 Å². The molecule has 4 heteroatoms. The summed E-state index contributed by atoms with van der Waals surface area (Å²) in [5, 5.41) is 3.24. The topological polar surface area (TPSA) is 47.0 Å². The molecule has 1 saturated carbocycles. The summed E-state index contributed by atoms with van der Waals surface area (Å²) >= 11 is 0. The van der Waals surface area contributed by atoms with Crippen LogP contribution in [0.15, 0.2) is 18.6 Å². The highest BCUT2D eigenvalue weighted by Crippen LogP contribution is 2.34. The Bertz CT molecular complexity index is 279. The molecule has 1 aromatic heterocycles. The Labute approximate surface area is 83.7 Å². The van der Waals surface area contributed by atoms with Gasteiger partial charge in [0.15, 0.2) is 0 Å². The van der Waals surface area contributed by atoms with Gasteiger partial charge in [-0.15, -0.1) is 0 Å². The molecule has 0 bridgehead atoms. The van der Waals surface area contributed by atoms with Gasteiger partial charge in [-0.05, 0) is 19.3 Å². The van der Waals surface area contributed by atoms with E-state index in [0.29, 0.717) is 0 Å². The molecule has 0 radical (unpaired) electrons.